The molecule has 3 atom stereocenters. The second-order valence-corrected chi connectivity index (χ2v) is 5.43. The highest BCUT2D eigenvalue weighted by Crippen LogP contribution is 2.39. The quantitative estimate of drug-likeness (QED) is 0.839. The summed E-state index contributed by atoms with van der Waals surface area (Å²) in [6.07, 6.45) is 3.85. The minimum Gasteiger partial charge on any atom is -0.406 e. The Balaban J connectivity index is 1.64. The van der Waals surface area contributed by atoms with Crippen molar-refractivity contribution in [1.29, 1.82) is 0 Å². The summed E-state index contributed by atoms with van der Waals surface area (Å²) in [7, 11) is 0. The van der Waals surface area contributed by atoms with Crippen LogP contribution in [0.3, 0.4) is 0 Å². The van der Waals surface area contributed by atoms with E-state index in [4.69, 9.17) is 20.8 Å². The van der Waals surface area contributed by atoms with Gasteiger partial charge in [0, 0.05) is 6.61 Å². The molecule has 0 bridgehead atoms. The van der Waals surface area contributed by atoms with Gasteiger partial charge in [-0.1, -0.05) is 5.10 Å². The maximum Gasteiger partial charge on any atom is 0.315 e. The number of halogens is 1. The first-order valence-corrected chi connectivity index (χ1v) is 6.53. The fourth-order valence-electron chi connectivity index (χ4n) is 2.27. The van der Waals surface area contributed by atoms with Gasteiger partial charge in [0.15, 0.2) is 0 Å². The zero-order valence-electron chi connectivity index (χ0n) is 9.73. The SMILES string of the molecule is CC(Cl)c1nnc(NC2CCOC2C2CC2)o1. The van der Waals surface area contributed by atoms with Gasteiger partial charge in [0.1, 0.15) is 5.38 Å². The van der Waals surface area contributed by atoms with Crippen LogP contribution in [0.2, 0.25) is 0 Å². The van der Waals surface area contributed by atoms with E-state index in [1.807, 2.05) is 6.92 Å². The van der Waals surface area contributed by atoms with E-state index >= 15 is 0 Å². The molecule has 2 aliphatic rings. The summed E-state index contributed by atoms with van der Waals surface area (Å²) in [6.45, 7) is 2.62. The molecule has 2 heterocycles. The molecule has 1 aliphatic carbocycles. The van der Waals surface area contributed by atoms with Gasteiger partial charge < -0.3 is 14.5 Å². The summed E-state index contributed by atoms with van der Waals surface area (Å²) in [5, 5.41) is 10.8. The smallest absolute Gasteiger partial charge is 0.315 e. The zero-order chi connectivity index (χ0) is 11.8. The van der Waals surface area contributed by atoms with Crippen molar-refractivity contribution < 1.29 is 9.15 Å². The van der Waals surface area contributed by atoms with E-state index in [-0.39, 0.29) is 5.38 Å². The minimum atomic E-state index is -0.253. The number of alkyl halides is 1. The molecule has 0 radical (unpaired) electrons. The molecule has 1 saturated carbocycles. The number of ether oxygens (including phenoxy) is 1. The van der Waals surface area contributed by atoms with Crippen molar-refractivity contribution in [2.24, 2.45) is 5.92 Å². The lowest BCUT2D eigenvalue weighted by molar-refractivity contribution is 0.0895. The summed E-state index contributed by atoms with van der Waals surface area (Å²) < 4.78 is 11.2. The number of aromatic nitrogens is 2. The molecule has 1 saturated heterocycles. The molecule has 1 aromatic rings. The largest absolute Gasteiger partial charge is 0.406 e. The first-order chi connectivity index (χ1) is 8.24. The highest BCUT2D eigenvalue weighted by molar-refractivity contribution is 6.20. The molecular formula is C11H16ClN3O2. The second kappa shape index (κ2) is 4.46. The number of nitrogens with one attached hydrogen (secondary N) is 1. The summed E-state index contributed by atoms with van der Waals surface area (Å²) >= 11 is 5.87. The molecule has 1 N–H and O–H groups in total. The van der Waals surface area contributed by atoms with E-state index in [1.54, 1.807) is 0 Å². The lowest BCUT2D eigenvalue weighted by Gasteiger charge is -2.17. The molecule has 1 aromatic heterocycles. The average molecular weight is 258 g/mol. The van der Waals surface area contributed by atoms with Crippen LogP contribution in [0.1, 0.15) is 37.5 Å². The van der Waals surface area contributed by atoms with Crippen LogP contribution in [-0.2, 0) is 4.74 Å². The first-order valence-electron chi connectivity index (χ1n) is 6.09. The van der Waals surface area contributed by atoms with Gasteiger partial charge >= 0.3 is 6.01 Å². The summed E-state index contributed by atoms with van der Waals surface area (Å²) in [5.41, 5.74) is 0. The van der Waals surface area contributed by atoms with E-state index in [2.05, 4.69) is 15.5 Å². The summed E-state index contributed by atoms with van der Waals surface area (Å²) in [5.74, 6) is 1.17. The van der Waals surface area contributed by atoms with Gasteiger partial charge in [0.2, 0.25) is 5.89 Å². The molecule has 94 valence electrons. The highest BCUT2D eigenvalue weighted by atomic mass is 35.5. The zero-order valence-corrected chi connectivity index (χ0v) is 10.5. The van der Waals surface area contributed by atoms with Gasteiger partial charge in [-0.15, -0.1) is 16.7 Å². The number of rotatable bonds is 4. The van der Waals surface area contributed by atoms with E-state index in [9.17, 15) is 0 Å². The number of nitrogens with zero attached hydrogens (tertiary/aromatic N) is 2. The van der Waals surface area contributed by atoms with Crippen molar-refractivity contribution in [3.05, 3.63) is 5.89 Å². The lowest BCUT2D eigenvalue weighted by Crippen LogP contribution is -2.31. The third-order valence-electron chi connectivity index (χ3n) is 3.31. The predicted octanol–water partition coefficient (Wildman–Crippen LogP) is 2.35. The van der Waals surface area contributed by atoms with E-state index in [0.717, 1.165) is 13.0 Å². The molecule has 3 rings (SSSR count). The van der Waals surface area contributed by atoms with Crippen molar-refractivity contribution in [3.8, 4) is 0 Å². The Bertz CT molecular complexity index is 392. The molecule has 17 heavy (non-hydrogen) atoms. The Morgan fingerprint density at radius 3 is 2.82 bits per heavy atom. The topological polar surface area (TPSA) is 60.2 Å². The molecular weight excluding hydrogens is 242 g/mol. The van der Waals surface area contributed by atoms with Crippen LogP contribution in [-0.4, -0.2) is 29.0 Å². The van der Waals surface area contributed by atoms with E-state index in [0.29, 0.717) is 30.0 Å². The molecule has 1 aliphatic heterocycles. The Kier molecular flexibility index (Phi) is 2.96. The van der Waals surface area contributed by atoms with Gasteiger partial charge in [-0.2, -0.15) is 0 Å². The number of hydrogen-bond acceptors (Lipinski definition) is 5. The van der Waals surface area contributed by atoms with Crippen molar-refractivity contribution in [1.82, 2.24) is 10.2 Å². The van der Waals surface area contributed by atoms with E-state index < -0.39 is 0 Å². The second-order valence-electron chi connectivity index (χ2n) is 4.77. The summed E-state index contributed by atoms with van der Waals surface area (Å²) in [4.78, 5) is 0. The van der Waals surface area contributed by atoms with Crippen LogP contribution >= 0.6 is 11.6 Å². The van der Waals surface area contributed by atoms with Crippen LogP contribution in [0.5, 0.6) is 0 Å². The molecule has 5 nitrogen and oxygen atoms in total. The Morgan fingerprint density at radius 1 is 1.35 bits per heavy atom. The first kappa shape index (κ1) is 11.3. The van der Waals surface area contributed by atoms with Crippen molar-refractivity contribution >= 4 is 17.6 Å². The van der Waals surface area contributed by atoms with Gasteiger partial charge in [-0.05, 0) is 32.1 Å². The van der Waals surface area contributed by atoms with Crippen LogP contribution < -0.4 is 5.32 Å². The molecule has 0 amide bonds. The van der Waals surface area contributed by atoms with Crippen molar-refractivity contribution in [2.75, 3.05) is 11.9 Å². The molecule has 0 spiro atoms. The Labute approximate surface area is 105 Å². The van der Waals surface area contributed by atoms with Gasteiger partial charge in [0.25, 0.3) is 0 Å². The number of anilines is 1. The van der Waals surface area contributed by atoms with Gasteiger partial charge in [0.05, 0.1) is 12.1 Å². The molecule has 3 unspecified atom stereocenters. The van der Waals surface area contributed by atoms with Gasteiger partial charge in [-0.3, -0.25) is 0 Å². The van der Waals surface area contributed by atoms with Crippen LogP contribution in [0.25, 0.3) is 0 Å². The summed E-state index contributed by atoms with van der Waals surface area (Å²) in [6, 6.07) is 0.745. The minimum absolute atomic E-state index is 0.253. The normalized spacial score (nSPS) is 30.5. The average Bonchev–Trinajstić information content (AvgIpc) is 2.86. The van der Waals surface area contributed by atoms with Crippen LogP contribution in [0.4, 0.5) is 6.01 Å². The molecule has 2 fully saturated rings. The van der Waals surface area contributed by atoms with Crippen molar-refractivity contribution in [3.63, 3.8) is 0 Å². The van der Waals surface area contributed by atoms with Crippen LogP contribution in [0.15, 0.2) is 4.42 Å². The predicted molar refractivity (Wildman–Crippen MR) is 63.1 cm³/mol. The van der Waals surface area contributed by atoms with Crippen molar-refractivity contribution in [2.45, 2.75) is 43.7 Å². The molecule has 6 heteroatoms. The third kappa shape index (κ3) is 2.40. The Morgan fingerprint density at radius 2 is 2.18 bits per heavy atom. The number of hydrogen-bond donors (Lipinski definition) is 1. The maximum absolute atomic E-state index is 5.87. The standard InChI is InChI=1S/C11H16ClN3O2/c1-6(12)10-14-15-11(17-10)13-8-4-5-16-9(8)7-2-3-7/h6-9H,2-5H2,1H3,(H,13,15). The fourth-order valence-corrected chi connectivity index (χ4v) is 2.36. The molecule has 0 aromatic carbocycles. The van der Waals surface area contributed by atoms with Gasteiger partial charge in [-0.25, -0.2) is 0 Å². The highest BCUT2D eigenvalue weighted by Gasteiger charge is 2.41. The maximum atomic E-state index is 5.87. The van der Waals surface area contributed by atoms with Crippen LogP contribution in [0, 0.1) is 5.92 Å². The Hall–Kier alpha value is -0.810. The third-order valence-corrected chi connectivity index (χ3v) is 3.50. The monoisotopic (exact) mass is 257 g/mol. The fraction of sp³-hybridized carbons (Fsp3) is 0.818. The lowest BCUT2D eigenvalue weighted by atomic mass is 10.1. The van der Waals surface area contributed by atoms with E-state index in [1.165, 1.54) is 12.8 Å².